The molecule has 5 heteroatoms. The molecule has 0 amide bonds. The lowest BCUT2D eigenvalue weighted by Gasteiger charge is -2.16. The highest BCUT2D eigenvalue weighted by Gasteiger charge is 2.24. The zero-order valence-electron chi connectivity index (χ0n) is 8.00. The molecular formula is C9H12F2N2O. The third-order valence-electron chi connectivity index (χ3n) is 1.88. The summed E-state index contributed by atoms with van der Waals surface area (Å²) in [7, 11) is 2.89. The highest BCUT2D eigenvalue weighted by atomic mass is 19.3. The first-order valence-corrected chi connectivity index (χ1v) is 4.15. The van der Waals surface area contributed by atoms with Crippen LogP contribution in [0.2, 0.25) is 0 Å². The molecule has 1 rings (SSSR count). The number of halogens is 2. The van der Waals surface area contributed by atoms with Gasteiger partial charge in [-0.2, -0.15) is 0 Å². The normalized spacial score (nSPS) is 12.9. The molecule has 0 aromatic carbocycles. The van der Waals surface area contributed by atoms with E-state index in [1.54, 1.807) is 12.1 Å². The first kappa shape index (κ1) is 10.8. The molecule has 14 heavy (non-hydrogen) atoms. The second-order valence-corrected chi connectivity index (χ2v) is 2.69. The lowest BCUT2D eigenvalue weighted by atomic mass is 10.2. The predicted octanol–water partition coefficient (Wildman–Crippen LogP) is 1.62. The van der Waals surface area contributed by atoms with Crippen LogP contribution in [-0.2, 0) is 0 Å². The molecule has 1 aromatic rings. The van der Waals surface area contributed by atoms with Gasteiger partial charge in [0.05, 0.1) is 7.11 Å². The summed E-state index contributed by atoms with van der Waals surface area (Å²) in [6, 6.07) is 2.15. The van der Waals surface area contributed by atoms with Gasteiger partial charge in [0.2, 0.25) is 0 Å². The van der Waals surface area contributed by atoms with E-state index in [9.17, 15) is 8.78 Å². The molecular weight excluding hydrogens is 190 g/mol. The third-order valence-corrected chi connectivity index (χ3v) is 1.88. The van der Waals surface area contributed by atoms with Gasteiger partial charge in [-0.1, -0.05) is 0 Å². The first-order chi connectivity index (χ1) is 6.70. The van der Waals surface area contributed by atoms with Crippen molar-refractivity contribution in [3.8, 4) is 5.75 Å². The first-order valence-electron chi connectivity index (χ1n) is 4.15. The molecule has 0 aliphatic heterocycles. The third kappa shape index (κ3) is 2.17. The van der Waals surface area contributed by atoms with Crippen LogP contribution >= 0.6 is 0 Å². The van der Waals surface area contributed by atoms with Gasteiger partial charge in [0.25, 0.3) is 6.43 Å². The molecule has 1 N–H and O–H groups in total. The Balaban J connectivity index is 3.02. The van der Waals surface area contributed by atoms with Gasteiger partial charge in [-0.15, -0.1) is 0 Å². The predicted molar refractivity (Wildman–Crippen MR) is 48.6 cm³/mol. The molecule has 0 aliphatic rings. The lowest BCUT2D eigenvalue weighted by Crippen LogP contribution is -2.25. The Bertz CT molecular complexity index is 294. The molecule has 0 saturated heterocycles. The number of methoxy groups -OCH3 is 1. The van der Waals surface area contributed by atoms with E-state index in [0.29, 0.717) is 5.75 Å². The minimum atomic E-state index is -2.51. The average molecular weight is 202 g/mol. The molecule has 3 nitrogen and oxygen atoms in total. The summed E-state index contributed by atoms with van der Waals surface area (Å²) in [5.74, 6) is 0.368. The number of rotatable bonds is 4. The summed E-state index contributed by atoms with van der Waals surface area (Å²) < 4.78 is 30.0. The molecule has 0 spiro atoms. The summed E-state index contributed by atoms with van der Waals surface area (Å²) >= 11 is 0. The Morgan fingerprint density at radius 1 is 1.50 bits per heavy atom. The highest BCUT2D eigenvalue weighted by molar-refractivity contribution is 5.29. The van der Waals surface area contributed by atoms with Crippen LogP contribution < -0.4 is 10.1 Å². The van der Waals surface area contributed by atoms with E-state index in [4.69, 9.17) is 4.74 Å². The Kier molecular flexibility index (Phi) is 3.76. The van der Waals surface area contributed by atoms with Gasteiger partial charge in [-0.05, 0) is 19.2 Å². The second kappa shape index (κ2) is 4.85. The molecule has 0 fully saturated rings. The molecule has 1 unspecified atom stereocenters. The second-order valence-electron chi connectivity index (χ2n) is 2.69. The monoisotopic (exact) mass is 202 g/mol. The standard InChI is InChI=1S/C9H12F2N2O/c1-12-8(9(10)11)7-6(14-2)4-3-5-13-7/h3-5,8-9,12H,1-2H3. The summed E-state index contributed by atoms with van der Waals surface area (Å²) in [6.07, 6.45) is -1.05. The van der Waals surface area contributed by atoms with Crippen molar-refractivity contribution in [2.45, 2.75) is 12.5 Å². The molecule has 1 aromatic heterocycles. The van der Waals surface area contributed by atoms with Crippen LogP contribution in [0.15, 0.2) is 18.3 Å². The number of hydrogen-bond acceptors (Lipinski definition) is 3. The van der Waals surface area contributed by atoms with E-state index >= 15 is 0 Å². The van der Waals surface area contributed by atoms with Crippen LogP contribution in [-0.4, -0.2) is 25.6 Å². The number of nitrogens with zero attached hydrogens (tertiary/aromatic N) is 1. The van der Waals surface area contributed by atoms with Crippen LogP contribution in [0, 0.1) is 0 Å². The number of pyridine rings is 1. The molecule has 0 saturated carbocycles. The van der Waals surface area contributed by atoms with E-state index in [0.717, 1.165) is 0 Å². The van der Waals surface area contributed by atoms with Crippen LogP contribution in [0.5, 0.6) is 5.75 Å². The average Bonchev–Trinajstić information content (AvgIpc) is 2.19. The largest absolute Gasteiger partial charge is 0.495 e. The summed E-state index contributed by atoms with van der Waals surface area (Å²) in [4.78, 5) is 3.87. The molecule has 1 heterocycles. The van der Waals surface area contributed by atoms with E-state index < -0.39 is 12.5 Å². The molecule has 0 radical (unpaired) electrons. The number of aromatic nitrogens is 1. The van der Waals surface area contributed by atoms with Gasteiger partial charge in [0.15, 0.2) is 0 Å². The Labute approximate surface area is 81.1 Å². The van der Waals surface area contributed by atoms with Crippen molar-refractivity contribution in [3.05, 3.63) is 24.0 Å². The van der Waals surface area contributed by atoms with Gasteiger partial charge in [-0.25, -0.2) is 8.78 Å². The molecule has 0 aliphatic carbocycles. The van der Waals surface area contributed by atoms with Crippen molar-refractivity contribution < 1.29 is 13.5 Å². The highest BCUT2D eigenvalue weighted by Crippen LogP contribution is 2.26. The maximum atomic E-state index is 12.5. The van der Waals surface area contributed by atoms with Crippen LogP contribution in [0.1, 0.15) is 11.7 Å². The quantitative estimate of drug-likeness (QED) is 0.805. The maximum absolute atomic E-state index is 12.5. The van der Waals surface area contributed by atoms with Crippen molar-refractivity contribution in [3.63, 3.8) is 0 Å². The Morgan fingerprint density at radius 2 is 2.21 bits per heavy atom. The fraction of sp³-hybridized carbons (Fsp3) is 0.444. The fourth-order valence-corrected chi connectivity index (χ4v) is 1.19. The van der Waals surface area contributed by atoms with Crippen LogP contribution in [0.3, 0.4) is 0 Å². The van der Waals surface area contributed by atoms with Crippen molar-refractivity contribution in [2.75, 3.05) is 14.2 Å². The van der Waals surface area contributed by atoms with Crippen molar-refractivity contribution in [1.82, 2.24) is 10.3 Å². The lowest BCUT2D eigenvalue weighted by molar-refractivity contribution is 0.0989. The van der Waals surface area contributed by atoms with Gasteiger partial charge < -0.3 is 10.1 Å². The SMILES string of the molecule is CNC(c1ncccc1OC)C(F)F. The van der Waals surface area contributed by atoms with Gasteiger partial charge >= 0.3 is 0 Å². The van der Waals surface area contributed by atoms with E-state index in [-0.39, 0.29) is 5.69 Å². The fourth-order valence-electron chi connectivity index (χ4n) is 1.19. The van der Waals surface area contributed by atoms with E-state index in [1.807, 2.05) is 0 Å². The van der Waals surface area contributed by atoms with Crippen LogP contribution in [0.25, 0.3) is 0 Å². The molecule has 1 atom stereocenters. The molecule has 0 bridgehead atoms. The zero-order valence-corrected chi connectivity index (χ0v) is 8.00. The van der Waals surface area contributed by atoms with Gasteiger partial charge in [0.1, 0.15) is 17.5 Å². The zero-order chi connectivity index (χ0) is 10.6. The summed E-state index contributed by atoms with van der Waals surface area (Å²) in [5, 5.41) is 2.50. The maximum Gasteiger partial charge on any atom is 0.259 e. The minimum Gasteiger partial charge on any atom is -0.495 e. The van der Waals surface area contributed by atoms with Crippen LogP contribution in [0.4, 0.5) is 8.78 Å². The van der Waals surface area contributed by atoms with E-state index in [1.165, 1.54) is 20.4 Å². The molecule has 78 valence electrons. The number of hydrogen-bond donors (Lipinski definition) is 1. The van der Waals surface area contributed by atoms with Gasteiger partial charge in [0, 0.05) is 6.20 Å². The summed E-state index contributed by atoms with van der Waals surface area (Å²) in [5.41, 5.74) is 0.229. The van der Waals surface area contributed by atoms with Gasteiger partial charge in [-0.3, -0.25) is 4.98 Å². The smallest absolute Gasteiger partial charge is 0.259 e. The van der Waals surface area contributed by atoms with Crippen molar-refractivity contribution >= 4 is 0 Å². The van der Waals surface area contributed by atoms with E-state index in [2.05, 4.69) is 10.3 Å². The topological polar surface area (TPSA) is 34.2 Å². The summed E-state index contributed by atoms with van der Waals surface area (Å²) in [6.45, 7) is 0. The Morgan fingerprint density at radius 3 is 2.71 bits per heavy atom. The van der Waals surface area contributed by atoms with Crippen molar-refractivity contribution in [1.29, 1.82) is 0 Å². The number of ether oxygens (including phenoxy) is 1. The minimum absolute atomic E-state index is 0.229. The van der Waals surface area contributed by atoms with Crippen molar-refractivity contribution in [2.24, 2.45) is 0 Å². The number of alkyl halides is 2. The number of nitrogens with one attached hydrogen (secondary N) is 1. The Hall–Kier alpha value is -1.23.